The summed E-state index contributed by atoms with van der Waals surface area (Å²) in [5, 5.41) is 20.4. The number of nitrogens with zero attached hydrogens (tertiary/aromatic N) is 1. The molecular weight excluding hydrogens is 166 g/mol. The van der Waals surface area contributed by atoms with Gasteiger partial charge in [-0.05, 0) is 5.56 Å². The van der Waals surface area contributed by atoms with Gasteiger partial charge in [-0.2, -0.15) is 0 Å². The van der Waals surface area contributed by atoms with Crippen molar-refractivity contribution in [2.75, 3.05) is 6.61 Å². The van der Waals surface area contributed by atoms with Crippen LogP contribution in [-0.4, -0.2) is 22.6 Å². The molecule has 1 aromatic rings. The van der Waals surface area contributed by atoms with Gasteiger partial charge >= 0.3 is 0 Å². The van der Waals surface area contributed by atoms with Gasteiger partial charge in [0.1, 0.15) is 0 Å². The maximum Gasteiger partial charge on any atom is 0.0637 e. The quantitative estimate of drug-likeness (QED) is 0.417. The fraction of sp³-hybridized carbons (Fsp3) is 0.300. The number of aliphatic hydroxyl groups is 1. The second kappa shape index (κ2) is 5.32. The zero-order valence-electron chi connectivity index (χ0n) is 7.35. The van der Waals surface area contributed by atoms with Gasteiger partial charge in [0, 0.05) is 19.4 Å². The van der Waals surface area contributed by atoms with Crippen molar-refractivity contribution in [2.24, 2.45) is 5.16 Å². The largest absolute Gasteiger partial charge is 0.411 e. The van der Waals surface area contributed by atoms with Crippen molar-refractivity contribution in [2.45, 2.75) is 12.8 Å². The first-order chi connectivity index (χ1) is 6.36. The Bertz CT molecular complexity index is 270. The lowest BCUT2D eigenvalue weighted by Gasteiger charge is -2.01. The normalized spacial score (nSPS) is 11.6. The third-order valence-corrected chi connectivity index (χ3v) is 1.79. The summed E-state index contributed by atoms with van der Waals surface area (Å²) in [6.07, 6.45) is 1.02. The van der Waals surface area contributed by atoms with Gasteiger partial charge in [-0.1, -0.05) is 35.5 Å². The minimum Gasteiger partial charge on any atom is -0.411 e. The Labute approximate surface area is 77.3 Å². The summed E-state index contributed by atoms with van der Waals surface area (Å²) >= 11 is 0. The van der Waals surface area contributed by atoms with Gasteiger partial charge in [0.2, 0.25) is 0 Å². The SMILES string of the molecule is OCCC(Cc1ccccc1)=NO. The van der Waals surface area contributed by atoms with E-state index in [1.807, 2.05) is 30.3 Å². The molecule has 3 nitrogen and oxygen atoms in total. The van der Waals surface area contributed by atoms with Crippen molar-refractivity contribution < 1.29 is 10.3 Å². The maximum atomic E-state index is 8.65. The van der Waals surface area contributed by atoms with Gasteiger partial charge in [0.15, 0.2) is 0 Å². The molecule has 0 fully saturated rings. The summed E-state index contributed by atoms with van der Waals surface area (Å²) in [5.74, 6) is 0. The van der Waals surface area contributed by atoms with Gasteiger partial charge in [-0.3, -0.25) is 0 Å². The molecule has 0 aliphatic carbocycles. The molecule has 1 rings (SSSR count). The standard InChI is InChI=1S/C10H13NO2/c12-7-6-10(11-13)8-9-4-2-1-3-5-9/h1-5,12-13H,6-8H2. The van der Waals surface area contributed by atoms with Gasteiger partial charge < -0.3 is 10.3 Å². The number of benzene rings is 1. The van der Waals surface area contributed by atoms with Crippen molar-refractivity contribution in [3.05, 3.63) is 35.9 Å². The third kappa shape index (κ3) is 3.25. The Morgan fingerprint density at radius 3 is 2.46 bits per heavy atom. The van der Waals surface area contributed by atoms with E-state index in [0.717, 1.165) is 5.56 Å². The summed E-state index contributed by atoms with van der Waals surface area (Å²) < 4.78 is 0. The van der Waals surface area contributed by atoms with Crippen LogP contribution in [0.3, 0.4) is 0 Å². The summed E-state index contributed by atoms with van der Waals surface area (Å²) in [7, 11) is 0. The zero-order chi connectivity index (χ0) is 9.52. The summed E-state index contributed by atoms with van der Waals surface area (Å²) in [6.45, 7) is 0.0201. The average molecular weight is 179 g/mol. The van der Waals surface area contributed by atoms with Crippen LogP contribution in [-0.2, 0) is 6.42 Å². The lowest BCUT2D eigenvalue weighted by Crippen LogP contribution is -2.05. The first-order valence-corrected chi connectivity index (χ1v) is 4.21. The smallest absolute Gasteiger partial charge is 0.0637 e. The lowest BCUT2D eigenvalue weighted by atomic mass is 10.1. The van der Waals surface area contributed by atoms with E-state index in [0.29, 0.717) is 18.6 Å². The van der Waals surface area contributed by atoms with Gasteiger partial charge in [0.25, 0.3) is 0 Å². The highest BCUT2D eigenvalue weighted by Crippen LogP contribution is 2.02. The minimum absolute atomic E-state index is 0.0201. The molecule has 0 saturated carbocycles. The Morgan fingerprint density at radius 2 is 1.92 bits per heavy atom. The molecule has 0 radical (unpaired) electrons. The van der Waals surface area contributed by atoms with Crippen molar-refractivity contribution in [1.82, 2.24) is 0 Å². The molecule has 0 bridgehead atoms. The molecule has 2 N–H and O–H groups in total. The van der Waals surface area contributed by atoms with Gasteiger partial charge in [-0.15, -0.1) is 0 Å². The fourth-order valence-electron chi connectivity index (χ4n) is 1.13. The molecule has 0 saturated heterocycles. The summed E-state index contributed by atoms with van der Waals surface area (Å²) in [4.78, 5) is 0. The van der Waals surface area contributed by atoms with Crippen LogP contribution in [0.4, 0.5) is 0 Å². The van der Waals surface area contributed by atoms with Crippen molar-refractivity contribution in [3.8, 4) is 0 Å². The van der Waals surface area contributed by atoms with Crippen LogP contribution >= 0.6 is 0 Å². The molecule has 0 spiro atoms. The molecule has 0 aliphatic heterocycles. The van der Waals surface area contributed by atoms with Crippen molar-refractivity contribution in [1.29, 1.82) is 0 Å². The molecule has 13 heavy (non-hydrogen) atoms. The highest BCUT2D eigenvalue weighted by atomic mass is 16.4. The molecule has 0 unspecified atom stereocenters. The second-order valence-electron chi connectivity index (χ2n) is 2.80. The van der Waals surface area contributed by atoms with E-state index in [9.17, 15) is 0 Å². The van der Waals surface area contributed by atoms with Crippen LogP contribution in [0, 0.1) is 0 Å². The Hall–Kier alpha value is -1.35. The van der Waals surface area contributed by atoms with E-state index >= 15 is 0 Å². The first-order valence-electron chi connectivity index (χ1n) is 4.21. The highest BCUT2D eigenvalue weighted by molar-refractivity contribution is 5.86. The van der Waals surface area contributed by atoms with E-state index in [2.05, 4.69) is 5.16 Å². The van der Waals surface area contributed by atoms with Crippen LogP contribution in [0.25, 0.3) is 0 Å². The van der Waals surface area contributed by atoms with E-state index in [1.165, 1.54) is 0 Å². The van der Waals surface area contributed by atoms with Crippen LogP contribution in [0.15, 0.2) is 35.5 Å². The third-order valence-electron chi connectivity index (χ3n) is 1.79. The molecule has 0 amide bonds. The molecule has 0 atom stereocenters. The molecule has 0 aliphatic rings. The number of hydrogen-bond acceptors (Lipinski definition) is 3. The van der Waals surface area contributed by atoms with Gasteiger partial charge in [-0.25, -0.2) is 0 Å². The lowest BCUT2D eigenvalue weighted by molar-refractivity contribution is 0.294. The predicted octanol–water partition coefficient (Wildman–Crippen LogP) is 1.44. The molecule has 70 valence electrons. The van der Waals surface area contributed by atoms with Crippen molar-refractivity contribution >= 4 is 5.71 Å². The predicted molar refractivity (Wildman–Crippen MR) is 51.1 cm³/mol. The molecule has 3 heteroatoms. The maximum absolute atomic E-state index is 8.65. The van der Waals surface area contributed by atoms with Crippen LogP contribution in [0.1, 0.15) is 12.0 Å². The fourth-order valence-corrected chi connectivity index (χ4v) is 1.13. The second-order valence-corrected chi connectivity index (χ2v) is 2.80. The molecule has 0 heterocycles. The van der Waals surface area contributed by atoms with Crippen LogP contribution in [0.5, 0.6) is 0 Å². The monoisotopic (exact) mass is 179 g/mol. The van der Waals surface area contributed by atoms with Crippen LogP contribution in [0.2, 0.25) is 0 Å². The number of oxime groups is 1. The number of aliphatic hydroxyl groups excluding tert-OH is 1. The van der Waals surface area contributed by atoms with E-state index < -0.39 is 0 Å². The molecule has 0 aromatic heterocycles. The minimum atomic E-state index is 0.0201. The number of rotatable bonds is 4. The first kappa shape index (κ1) is 9.74. The summed E-state index contributed by atoms with van der Waals surface area (Å²) in [5.41, 5.74) is 1.69. The van der Waals surface area contributed by atoms with Crippen LogP contribution < -0.4 is 0 Å². The van der Waals surface area contributed by atoms with E-state index in [-0.39, 0.29) is 6.61 Å². The summed E-state index contributed by atoms with van der Waals surface area (Å²) in [6, 6.07) is 9.73. The van der Waals surface area contributed by atoms with Gasteiger partial charge in [0.05, 0.1) is 5.71 Å². The number of hydrogen-bond donors (Lipinski definition) is 2. The molecule has 1 aromatic carbocycles. The Balaban J connectivity index is 2.58. The Kier molecular flexibility index (Phi) is 3.99. The average Bonchev–Trinajstić information content (AvgIpc) is 2.19. The Morgan fingerprint density at radius 1 is 1.23 bits per heavy atom. The molecular formula is C10H13NO2. The topological polar surface area (TPSA) is 52.8 Å². The van der Waals surface area contributed by atoms with E-state index in [4.69, 9.17) is 10.3 Å². The van der Waals surface area contributed by atoms with Crippen molar-refractivity contribution in [3.63, 3.8) is 0 Å². The zero-order valence-corrected chi connectivity index (χ0v) is 7.35. The van der Waals surface area contributed by atoms with E-state index in [1.54, 1.807) is 0 Å². The highest BCUT2D eigenvalue weighted by Gasteiger charge is 2.00.